The molecule has 0 fully saturated rings. The summed E-state index contributed by atoms with van der Waals surface area (Å²) in [6.45, 7) is 7.35. The number of hydrogen-bond donors (Lipinski definition) is 2. The monoisotopic (exact) mass is 328 g/mol. The molecule has 1 amide bonds. The van der Waals surface area contributed by atoms with E-state index in [-0.39, 0.29) is 5.91 Å². The molecule has 0 aliphatic carbocycles. The van der Waals surface area contributed by atoms with Gasteiger partial charge in [0.15, 0.2) is 0 Å². The zero-order valence-corrected chi connectivity index (χ0v) is 13.6. The van der Waals surface area contributed by atoms with Gasteiger partial charge < -0.3 is 15.8 Å². The molecule has 1 aromatic carbocycles. The van der Waals surface area contributed by atoms with Gasteiger partial charge in [0.05, 0.1) is 17.0 Å². The molecule has 19 heavy (non-hydrogen) atoms. The molecule has 5 heteroatoms. The van der Waals surface area contributed by atoms with E-state index in [2.05, 4.69) is 21.2 Å². The Bertz CT molecular complexity index is 479. The van der Waals surface area contributed by atoms with Crippen molar-refractivity contribution in [2.24, 2.45) is 11.1 Å². The van der Waals surface area contributed by atoms with Gasteiger partial charge in [-0.1, -0.05) is 0 Å². The molecule has 0 atom stereocenters. The predicted molar refractivity (Wildman–Crippen MR) is 81.4 cm³/mol. The van der Waals surface area contributed by atoms with E-state index in [9.17, 15) is 4.79 Å². The zero-order valence-electron chi connectivity index (χ0n) is 12.0. The Morgan fingerprint density at radius 2 is 1.89 bits per heavy atom. The third kappa shape index (κ3) is 3.48. The molecule has 0 aliphatic rings. The maximum absolute atomic E-state index is 12.3. The summed E-state index contributed by atoms with van der Waals surface area (Å²) in [6, 6.07) is 5.40. The maximum Gasteiger partial charge on any atom is 0.231 e. The standard InChI is InChI=1S/C14H21BrN2O2/c1-13(2,14(3,4)16)12(18)17-9-6-7-10(15)11(8-9)19-5/h6-8H,16H2,1-5H3,(H,17,18). The van der Waals surface area contributed by atoms with Gasteiger partial charge in [0.25, 0.3) is 0 Å². The molecule has 0 radical (unpaired) electrons. The first kappa shape index (κ1) is 16.0. The minimum atomic E-state index is -0.687. The quantitative estimate of drug-likeness (QED) is 0.892. The van der Waals surface area contributed by atoms with Crippen LogP contribution in [0.3, 0.4) is 0 Å². The minimum Gasteiger partial charge on any atom is -0.495 e. The van der Waals surface area contributed by atoms with Crippen LogP contribution in [0.1, 0.15) is 27.7 Å². The van der Waals surface area contributed by atoms with Crippen LogP contribution < -0.4 is 15.8 Å². The molecule has 1 aromatic rings. The second-order valence-corrected chi connectivity index (χ2v) is 6.50. The van der Waals surface area contributed by atoms with Crippen molar-refractivity contribution < 1.29 is 9.53 Å². The van der Waals surface area contributed by atoms with Crippen LogP contribution in [0.5, 0.6) is 5.75 Å². The molecular weight excluding hydrogens is 308 g/mol. The number of nitrogens with one attached hydrogen (secondary N) is 1. The zero-order chi connectivity index (χ0) is 14.8. The van der Waals surface area contributed by atoms with Gasteiger partial charge in [0, 0.05) is 17.3 Å². The number of carbonyl (C=O) groups excluding carboxylic acids is 1. The average molecular weight is 329 g/mol. The van der Waals surface area contributed by atoms with Gasteiger partial charge in [-0.3, -0.25) is 4.79 Å². The Morgan fingerprint density at radius 1 is 1.32 bits per heavy atom. The Hall–Kier alpha value is -1.07. The highest BCUT2D eigenvalue weighted by Gasteiger charge is 2.40. The predicted octanol–water partition coefficient (Wildman–Crippen LogP) is 3.16. The lowest BCUT2D eigenvalue weighted by molar-refractivity contribution is -0.126. The third-order valence-corrected chi connectivity index (χ3v) is 4.24. The van der Waals surface area contributed by atoms with Crippen molar-refractivity contribution >= 4 is 27.5 Å². The number of nitrogens with two attached hydrogens (primary N) is 1. The summed E-state index contributed by atoms with van der Waals surface area (Å²) in [5.74, 6) is 0.548. The molecule has 1 rings (SSSR count). The van der Waals surface area contributed by atoms with Crippen molar-refractivity contribution in [2.75, 3.05) is 12.4 Å². The van der Waals surface area contributed by atoms with Crippen molar-refractivity contribution in [1.82, 2.24) is 0 Å². The fourth-order valence-electron chi connectivity index (χ4n) is 1.32. The summed E-state index contributed by atoms with van der Waals surface area (Å²) in [4.78, 5) is 12.3. The van der Waals surface area contributed by atoms with Crippen LogP contribution in [0.25, 0.3) is 0 Å². The minimum absolute atomic E-state index is 0.121. The van der Waals surface area contributed by atoms with E-state index < -0.39 is 11.0 Å². The van der Waals surface area contributed by atoms with Crippen molar-refractivity contribution in [2.45, 2.75) is 33.2 Å². The van der Waals surface area contributed by atoms with Crippen molar-refractivity contribution in [1.29, 1.82) is 0 Å². The van der Waals surface area contributed by atoms with Crippen molar-refractivity contribution in [3.63, 3.8) is 0 Å². The van der Waals surface area contributed by atoms with E-state index in [1.807, 2.05) is 39.8 Å². The number of ether oxygens (including phenoxy) is 1. The summed E-state index contributed by atoms with van der Waals surface area (Å²) in [5.41, 5.74) is 5.44. The van der Waals surface area contributed by atoms with Crippen LogP contribution in [0.4, 0.5) is 5.69 Å². The molecule has 0 aliphatic heterocycles. The van der Waals surface area contributed by atoms with Gasteiger partial charge in [0.2, 0.25) is 5.91 Å². The molecule has 0 heterocycles. The van der Waals surface area contributed by atoms with E-state index in [4.69, 9.17) is 10.5 Å². The number of carbonyl (C=O) groups is 1. The molecule has 0 spiro atoms. The lowest BCUT2D eigenvalue weighted by Crippen LogP contribution is -2.53. The van der Waals surface area contributed by atoms with E-state index in [0.717, 1.165) is 4.47 Å². The second kappa shape index (κ2) is 5.51. The molecule has 0 bridgehead atoms. The van der Waals surface area contributed by atoms with Gasteiger partial charge in [-0.15, -0.1) is 0 Å². The fourth-order valence-corrected chi connectivity index (χ4v) is 1.73. The summed E-state index contributed by atoms with van der Waals surface area (Å²) < 4.78 is 6.04. The lowest BCUT2D eigenvalue weighted by atomic mass is 9.74. The number of halogens is 1. The third-order valence-electron chi connectivity index (χ3n) is 3.59. The Balaban J connectivity index is 2.95. The summed E-state index contributed by atoms with van der Waals surface area (Å²) in [7, 11) is 1.58. The molecule has 0 saturated heterocycles. The smallest absolute Gasteiger partial charge is 0.231 e. The number of amides is 1. The average Bonchev–Trinajstić information content (AvgIpc) is 2.30. The Kier molecular flexibility index (Phi) is 4.63. The van der Waals surface area contributed by atoms with Gasteiger partial charge in [-0.2, -0.15) is 0 Å². The lowest BCUT2D eigenvalue weighted by Gasteiger charge is -2.36. The Morgan fingerprint density at radius 3 is 2.37 bits per heavy atom. The number of anilines is 1. The van der Waals surface area contributed by atoms with Crippen LogP contribution in [0.2, 0.25) is 0 Å². The maximum atomic E-state index is 12.3. The number of benzene rings is 1. The highest BCUT2D eigenvalue weighted by molar-refractivity contribution is 9.10. The van der Waals surface area contributed by atoms with Crippen LogP contribution in [0, 0.1) is 5.41 Å². The number of hydrogen-bond acceptors (Lipinski definition) is 3. The van der Waals surface area contributed by atoms with Crippen molar-refractivity contribution in [3.05, 3.63) is 22.7 Å². The van der Waals surface area contributed by atoms with E-state index in [1.54, 1.807) is 13.2 Å². The van der Waals surface area contributed by atoms with Gasteiger partial charge >= 0.3 is 0 Å². The Labute approximate surface area is 122 Å². The van der Waals surface area contributed by atoms with Crippen LogP contribution in [0.15, 0.2) is 22.7 Å². The van der Waals surface area contributed by atoms with Gasteiger partial charge in [-0.25, -0.2) is 0 Å². The molecule has 0 saturated carbocycles. The first-order valence-corrected chi connectivity index (χ1v) is 6.83. The second-order valence-electron chi connectivity index (χ2n) is 5.65. The molecule has 3 N–H and O–H groups in total. The molecule has 0 aromatic heterocycles. The first-order valence-electron chi connectivity index (χ1n) is 6.03. The van der Waals surface area contributed by atoms with Crippen LogP contribution in [-0.4, -0.2) is 18.6 Å². The van der Waals surface area contributed by atoms with Crippen LogP contribution in [-0.2, 0) is 4.79 Å². The largest absolute Gasteiger partial charge is 0.495 e. The molecule has 0 unspecified atom stereocenters. The topological polar surface area (TPSA) is 64.3 Å². The highest BCUT2D eigenvalue weighted by atomic mass is 79.9. The van der Waals surface area contributed by atoms with Crippen molar-refractivity contribution in [3.8, 4) is 5.75 Å². The highest BCUT2D eigenvalue weighted by Crippen LogP contribution is 2.32. The summed E-state index contributed by atoms with van der Waals surface area (Å²) >= 11 is 3.37. The van der Waals surface area contributed by atoms with E-state index in [0.29, 0.717) is 11.4 Å². The van der Waals surface area contributed by atoms with E-state index >= 15 is 0 Å². The molecule has 4 nitrogen and oxygen atoms in total. The van der Waals surface area contributed by atoms with Gasteiger partial charge in [-0.05, 0) is 55.8 Å². The molecular formula is C14H21BrN2O2. The SMILES string of the molecule is COc1cc(NC(=O)C(C)(C)C(C)(C)N)ccc1Br. The van der Waals surface area contributed by atoms with E-state index in [1.165, 1.54) is 0 Å². The first-order chi connectivity index (χ1) is 8.59. The summed E-state index contributed by atoms with van der Waals surface area (Å²) in [5, 5.41) is 2.87. The van der Waals surface area contributed by atoms with Crippen LogP contribution >= 0.6 is 15.9 Å². The summed E-state index contributed by atoms with van der Waals surface area (Å²) in [6.07, 6.45) is 0. The van der Waals surface area contributed by atoms with Gasteiger partial charge in [0.1, 0.15) is 5.75 Å². The molecule has 106 valence electrons. The number of methoxy groups -OCH3 is 1. The fraction of sp³-hybridized carbons (Fsp3) is 0.500. The normalized spacial score (nSPS) is 12.2. The number of rotatable bonds is 4.